The molecule has 110 valence electrons. The van der Waals surface area contributed by atoms with E-state index in [4.69, 9.17) is 11.6 Å². The van der Waals surface area contributed by atoms with E-state index in [1.807, 2.05) is 31.2 Å². The molecule has 0 aliphatic carbocycles. The minimum absolute atomic E-state index is 0.0684. The van der Waals surface area contributed by atoms with Crippen molar-refractivity contribution in [2.24, 2.45) is 5.41 Å². The summed E-state index contributed by atoms with van der Waals surface area (Å²) in [5.74, 6) is 0.258. The molecule has 1 aromatic carbocycles. The minimum atomic E-state index is -0.436. The van der Waals surface area contributed by atoms with Gasteiger partial charge in [-0.2, -0.15) is 0 Å². The Kier molecular flexibility index (Phi) is 3.78. The number of aromatic nitrogens is 2. The fourth-order valence-electron chi connectivity index (χ4n) is 2.57. The van der Waals surface area contributed by atoms with E-state index in [2.05, 4.69) is 20.6 Å². The van der Waals surface area contributed by atoms with Gasteiger partial charge in [0.1, 0.15) is 0 Å². The maximum atomic E-state index is 12.5. The third kappa shape index (κ3) is 2.84. The number of amides is 1. The second kappa shape index (κ2) is 5.58. The number of hydrogen-bond acceptors (Lipinski definition) is 4. The Hall–Kier alpha value is -1.72. The highest BCUT2D eigenvalue weighted by Gasteiger charge is 2.35. The third-order valence-corrected chi connectivity index (χ3v) is 4.17. The van der Waals surface area contributed by atoms with Crippen molar-refractivity contribution in [2.45, 2.75) is 19.8 Å². The maximum absolute atomic E-state index is 12.5. The summed E-state index contributed by atoms with van der Waals surface area (Å²) in [6.45, 7) is 3.58. The summed E-state index contributed by atoms with van der Waals surface area (Å²) in [5.41, 5.74) is 0.990. The van der Waals surface area contributed by atoms with Crippen molar-refractivity contribution in [3.05, 3.63) is 29.4 Å². The van der Waals surface area contributed by atoms with Gasteiger partial charge >= 0.3 is 0 Å². The van der Waals surface area contributed by atoms with Gasteiger partial charge < -0.3 is 10.6 Å². The van der Waals surface area contributed by atoms with Gasteiger partial charge in [0.05, 0.1) is 16.4 Å². The fraction of sp³-hybridized carbons (Fsp3) is 0.400. The molecule has 1 aliphatic rings. The van der Waals surface area contributed by atoms with Crippen LogP contribution in [0.25, 0.3) is 11.0 Å². The first-order chi connectivity index (χ1) is 10.1. The predicted molar refractivity (Wildman–Crippen MR) is 83.4 cm³/mol. The summed E-state index contributed by atoms with van der Waals surface area (Å²) in [6, 6.07) is 7.44. The van der Waals surface area contributed by atoms with E-state index < -0.39 is 5.41 Å². The Morgan fingerprint density at radius 1 is 1.33 bits per heavy atom. The predicted octanol–water partition coefficient (Wildman–Crippen LogP) is 2.61. The number of rotatable bonds is 2. The van der Waals surface area contributed by atoms with Crippen LogP contribution in [0.1, 0.15) is 19.8 Å². The van der Waals surface area contributed by atoms with Gasteiger partial charge in [0.2, 0.25) is 5.91 Å². The summed E-state index contributed by atoms with van der Waals surface area (Å²) in [5, 5.41) is 6.30. The molecule has 1 fully saturated rings. The topological polar surface area (TPSA) is 66.9 Å². The summed E-state index contributed by atoms with van der Waals surface area (Å²) >= 11 is 6.13. The van der Waals surface area contributed by atoms with Crippen LogP contribution in [0.4, 0.5) is 5.82 Å². The van der Waals surface area contributed by atoms with E-state index in [0.29, 0.717) is 23.4 Å². The molecule has 0 spiro atoms. The molecule has 1 atom stereocenters. The molecule has 2 aromatic rings. The molecule has 6 heteroatoms. The molecular weight excluding hydrogens is 288 g/mol. The van der Waals surface area contributed by atoms with E-state index in [1.165, 1.54) is 0 Å². The van der Waals surface area contributed by atoms with E-state index in [9.17, 15) is 4.79 Å². The van der Waals surface area contributed by atoms with Gasteiger partial charge in [-0.1, -0.05) is 23.7 Å². The second-order valence-electron chi connectivity index (χ2n) is 5.65. The molecule has 1 saturated heterocycles. The zero-order valence-corrected chi connectivity index (χ0v) is 12.6. The maximum Gasteiger partial charge on any atom is 0.232 e. The Morgan fingerprint density at radius 2 is 2.05 bits per heavy atom. The third-order valence-electron chi connectivity index (χ3n) is 3.91. The van der Waals surface area contributed by atoms with Crippen LogP contribution in [0.3, 0.4) is 0 Å². The number of fused-ring (bicyclic) bond motifs is 1. The van der Waals surface area contributed by atoms with Crippen LogP contribution in [-0.4, -0.2) is 29.0 Å². The Labute approximate surface area is 128 Å². The fourth-order valence-corrected chi connectivity index (χ4v) is 2.75. The van der Waals surface area contributed by atoms with Gasteiger partial charge in [-0.25, -0.2) is 9.97 Å². The number of hydrogen-bond donors (Lipinski definition) is 2. The number of anilines is 1. The second-order valence-corrected chi connectivity index (χ2v) is 6.00. The van der Waals surface area contributed by atoms with Crippen molar-refractivity contribution < 1.29 is 4.79 Å². The number of para-hydroxylation sites is 2. The average molecular weight is 305 g/mol. The van der Waals surface area contributed by atoms with Crippen LogP contribution >= 0.6 is 11.6 Å². The Bertz CT molecular complexity index is 682. The lowest BCUT2D eigenvalue weighted by Gasteiger charge is -2.32. The number of carbonyl (C=O) groups is 1. The molecule has 1 aromatic heterocycles. The van der Waals surface area contributed by atoms with Crippen molar-refractivity contribution >= 4 is 34.4 Å². The van der Waals surface area contributed by atoms with E-state index in [0.717, 1.165) is 19.4 Å². The van der Waals surface area contributed by atoms with E-state index in [-0.39, 0.29) is 11.1 Å². The molecule has 1 amide bonds. The van der Waals surface area contributed by atoms with Crippen LogP contribution in [0.2, 0.25) is 5.15 Å². The standard InChI is InChI=1S/C15H17ClN4O/c1-15(7-4-8-17-9-15)14(21)20-13-12(16)18-10-5-2-3-6-11(10)19-13/h2-3,5-6,17H,4,7-9H2,1H3,(H,19,20,21). The average Bonchev–Trinajstić information content (AvgIpc) is 2.48. The molecular formula is C15H17ClN4O. The van der Waals surface area contributed by atoms with Crippen molar-refractivity contribution in [1.82, 2.24) is 15.3 Å². The first kappa shape index (κ1) is 14.2. The summed E-state index contributed by atoms with van der Waals surface area (Å²) in [7, 11) is 0. The Balaban J connectivity index is 1.87. The van der Waals surface area contributed by atoms with Crippen molar-refractivity contribution in [3.63, 3.8) is 0 Å². The lowest BCUT2D eigenvalue weighted by atomic mass is 9.82. The lowest BCUT2D eigenvalue weighted by molar-refractivity contribution is -0.125. The number of carbonyl (C=O) groups excluding carboxylic acids is 1. The first-order valence-electron chi connectivity index (χ1n) is 7.03. The molecule has 0 saturated carbocycles. The van der Waals surface area contributed by atoms with Gasteiger partial charge in [-0.05, 0) is 38.4 Å². The van der Waals surface area contributed by atoms with Crippen molar-refractivity contribution in [1.29, 1.82) is 0 Å². The molecule has 2 N–H and O–H groups in total. The van der Waals surface area contributed by atoms with Gasteiger partial charge in [0.25, 0.3) is 0 Å². The van der Waals surface area contributed by atoms with E-state index in [1.54, 1.807) is 0 Å². The number of benzene rings is 1. The zero-order valence-electron chi connectivity index (χ0n) is 11.8. The summed E-state index contributed by atoms with van der Waals surface area (Å²) in [6.07, 6.45) is 1.84. The molecule has 1 unspecified atom stereocenters. The molecule has 5 nitrogen and oxygen atoms in total. The smallest absolute Gasteiger partial charge is 0.232 e. The van der Waals surface area contributed by atoms with Gasteiger partial charge in [0.15, 0.2) is 11.0 Å². The lowest BCUT2D eigenvalue weighted by Crippen LogP contribution is -2.46. The van der Waals surface area contributed by atoms with Crippen LogP contribution < -0.4 is 10.6 Å². The highest BCUT2D eigenvalue weighted by atomic mass is 35.5. The van der Waals surface area contributed by atoms with Gasteiger partial charge in [-0.3, -0.25) is 4.79 Å². The van der Waals surface area contributed by atoms with Gasteiger partial charge in [0, 0.05) is 6.54 Å². The van der Waals surface area contributed by atoms with Gasteiger partial charge in [-0.15, -0.1) is 0 Å². The summed E-state index contributed by atoms with van der Waals surface area (Å²) in [4.78, 5) is 21.2. The largest absolute Gasteiger partial charge is 0.316 e. The van der Waals surface area contributed by atoms with Crippen molar-refractivity contribution in [3.8, 4) is 0 Å². The SMILES string of the molecule is CC1(C(=O)Nc2nc3ccccc3nc2Cl)CCCNC1. The Morgan fingerprint density at radius 3 is 2.71 bits per heavy atom. The normalized spacial score (nSPS) is 22.2. The molecule has 2 heterocycles. The monoisotopic (exact) mass is 304 g/mol. The number of halogens is 1. The number of piperidine rings is 1. The highest BCUT2D eigenvalue weighted by Crippen LogP contribution is 2.28. The van der Waals surface area contributed by atoms with Crippen molar-refractivity contribution in [2.75, 3.05) is 18.4 Å². The molecule has 0 bridgehead atoms. The molecule has 1 aliphatic heterocycles. The number of nitrogens with one attached hydrogen (secondary N) is 2. The first-order valence-corrected chi connectivity index (χ1v) is 7.41. The number of nitrogens with zero attached hydrogens (tertiary/aromatic N) is 2. The van der Waals surface area contributed by atoms with E-state index >= 15 is 0 Å². The molecule has 21 heavy (non-hydrogen) atoms. The van der Waals surface area contributed by atoms with Crippen LogP contribution in [0, 0.1) is 5.41 Å². The molecule has 0 radical (unpaired) electrons. The van der Waals surface area contributed by atoms with Crippen LogP contribution in [-0.2, 0) is 4.79 Å². The summed E-state index contributed by atoms with van der Waals surface area (Å²) < 4.78 is 0. The highest BCUT2D eigenvalue weighted by molar-refractivity contribution is 6.32. The molecule has 3 rings (SSSR count). The minimum Gasteiger partial charge on any atom is -0.316 e. The van der Waals surface area contributed by atoms with Crippen LogP contribution in [0.15, 0.2) is 24.3 Å². The van der Waals surface area contributed by atoms with Crippen LogP contribution in [0.5, 0.6) is 0 Å². The quantitative estimate of drug-likeness (QED) is 0.895. The zero-order chi connectivity index (χ0) is 14.9.